The van der Waals surface area contributed by atoms with E-state index in [1.54, 1.807) is 0 Å². The number of hydrogen-bond acceptors (Lipinski definition) is 4. The SMILES string of the molecule is CN=C(NCCCN1CCCN(C)CC1)NCc1oc2ccccc2c1C. The highest BCUT2D eigenvalue weighted by Gasteiger charge is 2.12. The summed E-state index contributed by atoms with van der Waals surface area (Å²) in [7, 11) is 4.02. The topological polar surface area (TPSA) is 56.0 Å². The van der Waals surface area contributed by atoms with E-state index in [2.05, 4.69) is 45.5 Å². The summed E-state index contributed by atoms with van der Waals surface area (Å²) in [4.78, 5) is 9.32. The summed E-state index contributed by atoms with van der Waals surface area (Å²) in [6.45, 7) is 9.58. The number of rotatable bonds is 6. The molecule has 0 amide bonds. The molecule has 0 radical (unpaired) electrons. The first kappa shape index (κ1) is 19.7. The van der Waals surface area contributed by atoms with Gasteiger partial charge in [0, 0.05) is 37.6 Å². The molecule has 0 bridgehead atoms. The minimum Gasteiger partial charge on any atom is -0.459 e. The Morgan fingerprint density at radius 2 is 2.00 bits per heavy atom. The highest BCUT2D eigenvalue weighted by Crippen LogP contribution is 2.24. The molecule has 6 nitrogen and oxygen atoms in total. The number of hydrogen-bond donors (Lipinski definition) is 2. The molecule has 2 N–H and O–H groups in total. The van der Waals surface area contributed by atoms with Gasteiger partial charge >= 0.3 is 0 Å². The number of para-hydroxylation sites is 1. The van der Waals surface area contributed by atoms with Crippen LogP contribution in [-0.2, 0) is 6.54 Å². The third-order valence-electron chi connectivity index (χ3n) is 5.34. The summed E-state index contributed by atoms with van der Waals surface area (Å²) in [6, 6.07) is 8.17. The molecule has 1 fully saturated rings. The van der Waals surface area contributed by atoms with E-state index in [0.717, 1.165) is 36.8 Å². The lowest BCUT2D eigenvalue weighted by Crippen LogP contribution is -2.38. The Bertz CT molecular complexity index is 754. The lowest BCUT2D eigenvalue weighted by molar-refractivity contribution is 0.274. The molecule has 1 aliphatic heterocycles. The molecule has 0 atom stereocenters. The second-order valence-corrected chi connectivity index (χ2v) is 7.35. The van der Waals surface area contributed by atoms with Gasteiger partial charge in [0.2, 0.25) is 0 Å². The summed E-state index contributed by atoms with van der Waals surface area (Å²) in [5, 5.41) is 7.96. The fraction of sp³-hybridized carbons (Fsp3) is 0.571. The Morgan fingerprint density at radius 3 is 2.81 bits per heavy atom. The van der Waals surface area contributed by atoms with Crippen molar-refractivity contribution in [3.63, 3.8) is 0 Å². The minimum atomic E-state index is 0.638. The summed E-state index contributed by atoms with van der Waals surface area (Å²) < 4.78 is 5.96. The van der Waals surface area contributed by atoms with E-state index in [1.165, 1.54) is 43.5 Å². The van der Waals surface area contributed by atoms with Crippen LogP contribution in [0.5, 0.6) is 0 Å². The van der Waals surface area contributed by atoms with Gasteiger partial charge in [-0.25, -0.2) is 0 Å². The van der Waals surface area contributed by atoms with E-state index in [9.17, 15) is 0 Å². The van der Waals surface area contributed by atoms with Crippen molar-refractivity contribution in [3.8, 4) is 0 Å². The van der Waals surface area contributed by atoms with Crippen molar-refractivity contribution in [3.05, 3.63) is 35.6 Å². The molecule has 0 spiro atoms. The van der Waals surface area contributed by atoms with E-state index in [4.69, 9.17) is 4.42 Å². The Kier molecular flexibility index (Phi) is 7.12. The van der Waals surface area contributed by atoms with Crippen LogP contribution in [0.4, 0.5) is 0 Å². The van der Waals surface area contributed by atoms with E-state index in [1.807, 2.05) is 25.2 Å². The zero-order chi connectivity index (χ0) is 19.1. The maximum atomic E-state index is 5.96. The van der Waals surface area contributed by atoms with Gasteiger partial charge in [-0.05, 0) is 52.5 Å². The molecule has 0 saturated carbocycles. The number of likely N-dealkylation sites (N-methyl/N-ethyl adjacent to an activating group) is 1. The van der Waals surface area contributed by atoms with Crippen LogP contribution < -0.4 is 10.6 Å². The number of benzene rings is 1. The van der Waals surface area contributed by atoms with Crippen LogP contribution in [0.1, 0.15) is 24.2 Å². The molecule has 1 aliphatic rings. The van der Waals surface area contributed by atoms with Crippen LogP contribution in [0.25, 0.3) is 11.0 Å². The minimum absolute atomic E-state index is 0.638. The summed E-state index contributed by atoms with van der Waals surface area (Å²) >= 11 is 0. The van der Waals surface area contributed by atoms with Crippen molar-refractivity contribution in [1.82, 2.24) is 20.4 Å². The molecule has 1 aromatic heterocycles. The largest absolute Gasteiger partial charge is 0.459 e. The highest BCUT2D eigenvalue weighted by molar-refractivity contribution is 5.82. The van der Waals surface area contributed by atoms with Gasteiger partial charge in [0.15, 0.2) is 5.96 Å². The maximum absolute atomic E-state index is 5.96. The molecule has 6 heteroatoms. The summed E-state index contributed by atoms with van der Waals surface area (Å²) in [5.74, 6) is 1.79. The fourth-order valence-electron chi connectivity index (χ4n) is 3.61. The molecule has 1 saturated heterocycles. The summed E-state index contributed by atoms with van der Waals surface area (Å²) in [5.41, 5.74) is 2.14. The van der Waals surface area contributed by atoms with Crippen molar-refractivity contribution in [1.29, 1.82) is 0 Å². The van der Waals surface area contributed by atoms with Gasteiger partial charge < -0.3 is 24.9 Å². The Morgan fingerprint density at radius 1 is 1.15 bits per heavy atom. The zero-order valence-corrected chi connectivity index (χ0v) is 16.9. The van der Waals surface area contributed by atoms with Gasteiger partial charge in [0.1, 0.15) is 11.3 Å². The van der Waals surface area contributed by atoms with E-state index < -0.39 is 0 Å². The highest BCUT2D eigenvalue weighted by atomic mass is 16.3. The monoisotopic (exact) mass is 371 g/mol. The third kappa shape index (κ3) is 5.47. The summed E-state index contributed by atoms with van der Waals surface area (Å²) in [6.07, 6.45) is 2.39. The van der Waals surface area contributed by atoms with Crippen LogP contribution in [0, 0.1) is 6.92 Å². The lowest BCUT2D eigenvalue weighted by atomic mass is 10.1. The Labute approximate surface area is 162 Å². The molecule has 0 aliphatic carbocycles. The van der Waals surface area contributed by atoms with Crippen LogP contribution in [0.3, 0.4) is 0 Å². The van der Waals surface area contributed by atoms with E-state index >= 15 is 0 Å². The van der Waals surface area contributed by atoms with Crippen molar-refractivity contribution in [2.75, 3.05) is 53.4 Å². The normalized spacial score (nSPS) is 17.2. The number of fused-ring (bicyclic) bond motifs is 1. The van der Waals surface area contributed by atoms with E-state index in [0.29, 0.717) is 6.54 Å². The molecule has 0 unspecified atom stereocenters. The first-order valence-corrected chi connectivity index (χ1v) is 10.00. The molecule has 27 heavy (non-hydrogen) atoms. The molecule has 3 rings (SSSR count). The maximum Gasteiger partial charge on any atom is 0.191 e. The molecular weight excluding hydrogens is 338 g/mol. The first-order chi connectivity index (χ1) is 13.2. The molecule has 2 heterocycles. The van der Waals surface area contributed by atoms with Gasteiger partial charge in [-0.1, -0.05) is 18.2 Å². The second kappa shape index (κ2) is 9.76. The standard InChI is InChI=1S/C21H33N5O/c1-17-18-8-4-5-9-19(18)27-20(17)16-24-21(22-2)23-10-6-12-26-13-7-11-25(3)14-15-26/h4-5,8-9H,6-7,10-16H2,1-3H3,(H2,22,23,24). The van der Waals surface area contributed by atoms with Crippen LogP contribution in [0.15, 0.2) is 33.7 Å². The quantitative estimate of drug-likeness (QED) is 0.464. The molecule has 2 aromatic rings. The van der Waals surface area contributed by atoms with Crippen molar-refractivity contribution in [2.24, 2.45) is 4.99 Å². The van der Waals surface area contributed by atoms with Crippen molar-refractivity contribution >= 4 is 16.9 Å². The third-order valence-corrected chi connectivity index (χ3v) is 5.34. The van der Waals surface area contributed by atoms with Gasteiger partial charge in [0.25, 0.3) is 0 Å². The molecule has 148 valence electrons. The number of aliphatic imine (C=N–C) groups is 1. The van der Waals surface area contributed by atoms with Gasteiger partial charge in [0.05, 0.1) is 6.54 Å². The lowest BCUT2D eigenvalue weighted by Gasteiger charge is -2.20. The van der Waals surface area contributed by atoms with Gasteiger partial charge in [-0.15, -0.1) is 0 Å². The van der Waals surface area contributed by atoms with Crippen LogP contribution in [0.2, 0.25) is 0 Å². The van der Waals surface area contributed by atoms with Crippen molar-refractivity contribution < 1.29 is 4.42 Å². The number of nitrogens with one attached hydrogen (secondary N) is 2. The van der Waals surface area contributed by atoms with Crippen molar-refractivity contribution in [2.45, 2.75) is 26.3 Å². The molecular formula is C21H33N5O. The van der Waals surface area contributed by atoms with Crippen LogP contribution in [-0.4, -0.2) is 69.1 Å². The average Bonchev–Trinajstić information content (AvgIpc) is 2.85. The fourth-order valence-corrected chi connectivity index (χ4v) is 3.61. The predicted octanol–water partition coefficient (Wildman–Crippen LogP) is 2.43. The van der Waals surface area contributed by atoms with E-state index in [-0.39, 0.29) is 0 Å². The molecule has 1 aromatic carbocycles. The Balaban J connectivity index is 1.41. The zero-order valence-electron chi connectivity index (χ0n) is 16.9. The Hall–Kier alpha value is -2.05. The smallest absolute Gasteiger partial charge is 0.191 e. The predicted molar refractivity (Wildman–Crippen MR) is 112 cm³/mol. The van der Waals surface area contributed by atoms with Gasteiger partial charge in [-0.3, -0.25) is 4.99 Å². The average molecular weight is 372 g/mol. The van der Waals surface area contributed by atoms with Crippen LogP contribution >= 0.6 is 0 Å². The first-order valence-electron chi connectivity index (χ1n) is 10.00. The number of furan rings is 1. The number of nitrogens with zero attached hydrogens (tertiary/aromatic N) is 3. The number of aryl methyl sites for hydroxylation is 1. The van der Waals surface area contributed by atoms with Gasteiger partial charge in [-0.2, -0.15) is 0 Å². The number of guanidine groups is 1. The second-order valence-electron chi connectivity index (χ2n) is 7.35.